The first-order valence-corrected chi connectivity index (χ1v) is 11.1. The van der Waals surface area contributed by atoms with Crippen LogP contribution in [0, 0.1) is 0 Å². The zero-order chi connectivity index (χ0) is 22.6. The van der Waals surface area contributed by atoms with Gasteiger partial charge in [0.2, 0.25) is 0 Å². The summed E-state index contributed by atoms with van der Waals surface area (Å²) >= 11 is 0. The van der Waals surface area contributed by atoms with Crippen molar-refractivity contribution in [1.82, 2.24) is 25.2 Å². The van der Waals surface area contributed by atoms with Crippen LogP contribution in [0.3, 0.4) is 0 Å². The standard InChI is InChI=1S/C23H27N7O3/c1-32-17-12-18-19(4-5-25-22(18)26-14-17)30-10-8-29(9-11-30)7-6-24-13-16-2-3-20-23(27-16)28-21(31)15-33-20/h2-5,12,14,24H,6-11,13,15H2,1H3,(H,27,28,31). The summed E-state index contributed by atoms with van der Waals surface area (Å²) in [5.74, 6) is 1.68. The lowest BCUT2D eigenvalue weighted by Gasteiger charge is -2.36. The summed E-state index contributed by atoms with van der Waals surface area (Å²) < 4.78 is 10.7. The third-order valence-corrected chi connectivity index (χ3v) is 5.94. The molecule has 3 aromatic rings. The van der Waals surface area contributed by atoms with Gasteiger partial charge in [-0.15, -0.1) is 0 Å². The molecule has 2 aliphatic heterocycles. The third-order valence-electron chi connectivity index (χ3n) is 5.94. The van der Waals surface area contributed by atoms with Gasteiger partial charge in [-0.2, -0.15) is 0 Å². The van der Waals surface area contributed by atoms with Gasteiger partial charge in [0, 0.05) is 63.1 Å². The van der Waals surface area contributed by atoms with Gasteiger partial charge in [0.15, 0.2) is 23.8 Å². The second-order valence-corrected chi connectivity index (χ2v) is 8.07. The molecule has 33 heavy (non-hydrogen) atoms. The molecule has 5 heterocycles. The van der Waals surface area contributed by atoms with Crippen LogP contribution >= 0.6 is 0 Å². The van der Waals surface area contributed by atoms with E-state index in [9.17, 15) is 4.79 Å². The molecule has 1 amide bonds. The van der Waals surface area contributed by atoms with E-state index in [2.05, 4.69) is 41.5 Å². The highest BCUT2D eigenvalue weighted by atomic mass is 16.5. The van der Waals surface area contributed by atoms with Gasteiger partial charge < -0.3 is 25.0 Å². The number of carbonyl (C=O) groups is 1. The highest BCUT2D eigenvalue weighted by molar-refractivity contribution is 5.94. The zero-order valence-corrected chi connectivity index (χ0v) is 18.6. The van der Waals surface area contributed by atoms with Crippen LogP contribution in [0.1, 0.15) is 5.69 Å². The Labute approximate surface area is 191 Å². The number of carbonyl (C=O) groups excluding carboxylic acids is 1. The van der Waals surface area contributed by atoms with Crippen molar-refractivity contribution in [2.45, 2.75) is 6.54 Å². The Morgan fingerprint density at radius 2 is 2.06 bits per heavy atom. The van der Waals surface area contributed by atoms with Crippen molar-refractivity contribution < 1.29 is 14.3 Å². The fraction of sp³-hybridized carbons (Fsp3) is 0.391. The highest BCUT2D eigenvalue weighted by Crippen LogP contribution is 2.28. The van der Waals surface area contributed by atoms with Crippen molar-refractivity contribution in [3.05, 3.63) is 42.4 Å². The number of anilines is 2. The molecule has 0 spiro atoms. The van der Waals surface area contributed by atoms with Crippen LogP contribution in [0.25, 0.3) is 11.0 Å². The summed E-state index contributed by atoms with van der Waals surface area (Å²) in [5.41, 5.74) is 2.76. The fourth-order valence-electron chi connectivity index (χ4n) is 4.15. The van der Waals surface area contributed by atoms with Gasteiger partial charge in [0.05, 0.1) is 19.0 Å². The molecule has 172 valence electrons. The van der Waals surface area contributed by atoms with Crippen LogP contribution in [0.2, 0.25) is 0 Å². The predicted octanol–water partition coefficient (Wildman–Crippen LogP) is 1.28. The number of amides is 1. The number of hydrogen-bond acceptors (Lipinski definition) is 9. The van der Waals surface area contributed by atoms with E-state index in [4.69, 9.17) is 9.47 Å². The largest absolute Gasteiger partial charge is 0.495 e. The van der Waals surface area contributed by atoms with Gasteiger partial charge in [-0.05, 0) is 24.3 Å². The average molecular weight is 450 g/mol. The number of nitrogens with zero attached hydrogens (tertiary/aromatic N) is 5. The van der Waals surface area contributed by atoms with Gasteiger partial charge in [-0.3, -0.25) is 9.69 Å². The number of piperazine rings is 1. The molecule has 1 fully saturated rings. The first kappa shape index (κ1) is 21.4. The maximum Gasteiger partial charge on any atom is 0.263 e. The second-order valence-electron chi connectivity index (χ2n) is 8.07. The van der Waals surface area contributed by atoms with E-state index in [1.54, 1.807) is 13.3 Å². The monoisotopic (exact) mass is 449 g/mol. The Balaban J connectivity index is 1.11. The number of nitrogens with one attached hydrogen (secondary N) is 2. The molecule has 0 aliphatic carbocycles. The van der Waals surface area contributed by atoms with Gasteiger partial charge in [-0.25, -0.2) is 15.0 Å². The number of methoxy groups -OCH3 is 1. The Morgan fingerprint density at radius 3 is 2.91 bits per heavy atom. The SMILES string of the molecule is COc1cnc2nccc(N3CCN(CCNCc4ccc5c(n4)NC(=O)CO5)CC3)c2c1. The van der Waals surface area contributed by atoms with E-state index in [0.29, 0.717) is 18.1 Å². The maximum atomic E-state index is 11.5. The molecule has 3 aromatic heterocycles. The minimum atomic E-state index is -0.172. The predicted molar refractivity (Wildman–Crippen MR) is 125 cm³/mol. The number of pyridine rings is 3. The lowest BCUT2D eigenvalue weighted by atomic mass is 10.2. The fourth-order valence-corrected chi connectivity index (χ4v) is 4.15. The summed E-state index contributed by atoms with van der Waals surface area (Å²) in [5, 5.41) is 7.21. The van der Waals surface area contributed by atoms with Crippen molar-refractivity contribution in [3.8, 4) is 11.5 Å². The van der Waals surface area contributed by atoms with Crippen LogP contribution in [0.15, 0.2) is 36.7 Å². The van der Waals surface area contributed by atoms with E-state index >= 15 is 0 Å². The zero-order valence-electron chi connectivity index (χ0n) is 18.6. The molecule has 2 N–H and O–H groups in total. The lowest BCUT2D eigenvalue weighted by Crippen LogP contribution is -2.48. The van der Waals surface area contributed by atoms with Gasteiger partial charge >= 0.3 is 0 Å². The van der Waals surface area contributed by atoms with Crippen molar-refractivity contribution >= 4 is 28.4 Å². The minimum absolute atomic E-state index is 0.0437. The number of rotatable bonds is 7. The van der Waals surface area contributed by atoms with Crippen molar-refractivity contribution in [2.75, 3.05) is 63.2 Å². The molecule has 0 aromatic carbocycles. The van der Waals surface area contributed by atoms with Crippen molar-refractivity contribution in [2.24, 2.45) is 0 Å². The molecule has 2 aliphatic rings. The maximum absolute atomic E-state index is 11.5. The van der Waals surface area contributed by atoms with Crippen LogP contribution in [-0.2, 0) is 11.3 Å². The topological polar surface area (TPSA) is 105 Å². The van der Waals surface area contributed by atoms with Crippen molar-refractivity contribution in [1.29, 1.82) is 0 Å². The molecule has 0 unspecified atom stereocenters. The third kappa shape index (κ3) is 4.81. The Kier molecular flexibility index (Phi) is 6.18. The summed E-state index contributed by atoms with van der Waals surface area (Å²) in [6.07, 6.45) is 3.52. The van der Waals surface area contributed by atoms with E-state index < -0.39 is 0 Å². The molecular weight excluding hydrogens is 422 g/mol. The Morgan fingerprint density at radius 1 is 1.18 bits per heavy atom. The van der Waals surface area contributed by atoms with Gasteiger partial charge in [-0.1, -0.05) is 0 Å². The molecular formula is C23H27N7O3. The Hall–Kier alpha value is -3.50. The lowest BCUT2D eigenvalue weighted by molar-refractivity contribution is -0.118. The van der Waals surface area contributed by atoms with Crippen LogP contribution in [0.4, 0.5) is 11.5 Å². The van der Waals surface area contributed by atoms with Crippen LogP contribution in [0.5, 0.6) is 11.5 Å². The van der Waals surface area contributed by atoms with E-state index in [1.165, 1.54) is 0 Å². The normalized spacial score (nSPS) is 16.3. The van der Waals surface area contributed by atoms with Crippen LogP contribution in [-0.4, -0.2) is 78.7 Å². The van der Waals surface area contributed by atoms with Crippen molar-refractivity contribution in [3.63, 3.8) is 0 Å². The summed E-state index contributed by atoms with van der Waals surface area (Å²) in [6, 6.07) is 7.84. The van der Waals surface area contributed by atoms with E-state index in [0.717, 1.165) is 67.4 Å². The Bertz CT molecular complexity index is 1150. The minimum Gasteiger partial charge on any atom is -0.495 e. The molecule has 10 heteroatoms. The molecule has 0 radical (unpaired) electrons. The molecule has 1 saturated heterocycles. The number of ether oxygens (including phenoxy) is 2. The molecule has 0 saturated carbocycles. The number of hydrogen-bond donors (Lipinski definition) is 2. The highest BCUT2D eigenvalue weighted by Gasteiger charge is 2.20. The second kappa shape index (κ2) is 9.55. The molecule has 0 bridgehead atoms. The number of aromatic nitrogens is 3. The smallest absolute Gasteiger partial charge is 0.263 e. The first-order valence-electron chi connectivity index (χ1n) is 11.1. The summed E-state index contributed by atoms with van der Waals surface area (Å²) in [7, 11) is 1.65. The van der Waals surface area contributed by atoms with E-state index in [-0.39, 0.29) is 12.5 Å². The van der Waals surface area contributed by atoms with Crippen LogP contribution < -0.4 is 25.0 Å². The molecule has 10 nitrogen and oxygen atoms in total. The molecule has 0 atom stereocenters. The number of fused-ring (bicyclic) bond motifs is 2. The summed E-state index contributed by atoms with van der Waals surface area (Å²) in [6.45, 7) is 6.38. The quantitative estimate of drug-likeness (QED) is 0.516. The first-order chi connectivity index (χ1) is 16.2. The average Bonchev–Trinajstić information content (AvgIpc) is 2.86. The van der Waals surface area contributed by atoms with Gasteiger partial charge in [0.1, 0.15) is 5.75 Å². The molecule has 5 rings (SSSR count). The van der Waals surface area contributed by atoms with E-state index in [1.807, 2.05) is 24.4 Å². The van der Waals surface area contributed by atoms with Gasteiger partial charge in [0.25, 0.3) is 5.91 Å². The summed E-state index contributed by atoms with van der Waals surface area (Å²) in [4.78, 5) is 29.6.